The number of nitrogens with one attached hydrogen (secondary N) is 1. The third-order valence-electron chi connectivity index (χ3n) is 4.11. The highest BCUT2D eigenvalue weighted by Gasteiger charge is 2.20. The molecule has 0 aliphatic heterocycles. The summed E-state index contributed by atoms with van der Waals surface area (Å²) >= 11 is 0. The van der Waals surface area contributed by atoms with Gasteiger partial charge in [0.25, 0.3) is 5.91 Å². The number of carbonyl (C=O) groups excluding carboxylic acids is 2. The normalized spacial score (nSPS) is 12.1. The van der Waals surface area contributed by atoms with Crippen molar-refractivity contribution < 1.29 is 34.2 Å². The molecule has 0 aromatic heterocycles. The van der Waals surface area contributed by atoms with Gasteiger partial charge in [-0.05, 0) is 42.4 Å². The Morgan fingerprint density at radius 2 is 1.64 bits per heavy atom. The van der Waals surface area contributed by atoms with Crippen molar-refractivity contribution in [1.82, 2.24) is 5.48 Å². The van der Waals surface area contributed by atoms with E-state index in [4.69, 9.17) is 9.94 Å². The van der Waals surface area contributed by atoms with Gasteiger partial charge in [-0.1, -0.05) is 32.9 Å². The Balaban J connectivity index is 2.45. The number of hydrogen-bond acceptors (Lipinski definition) is 5. The monoisotopic (exact) mass is 393 g/mol. The minimum Gasteiger partial charge on any atom is -0.481 e. The molecule has 1 unspecified atom stereocenters. The number of benzene rings is 1. The van der Waals surface area contributed by atoms with Crippen LogP contribution in [0.5, 0.6) is 0 Å². The average Bonchev–Trinajstić information content (AvgIpc) is 2.61. The fraction of sp³-hybridized carbons (Fsp3) is 0.500. The molecule has 0 saturated heterocycles. The van der Waals surface area contributed by atoms with Gasteiger partial charge < -0.3 is 15.1 Å². The highest BCUT2D eigenvalue weighted by molar-refractivity contribution is 5.87. The van der Waals surface area contributed by atoms with Gasteiger partial charge in [0.2, 0.25) is 0 Å². The summed E-state index contributed by atoms with van der Waals surface area (Å²) in [5.41, 5.74) is 2.80. The fourth-order valence-corrected chi connectivity index (χ4v) is 2.38. The van der Waals surface area contributed by atoms with Gasteiger partial charge in [0, 0.05) is 12.8 Å². The second-order valence-corrected chi connectivity index (χ2v) is 7.84. The molecule has 1 atom stereocenters. The van der Waals surface area contributed by atoms with E-state index in [0.717, 1.165) is 0 Å². The maximum atomic E-state index is 11.8. The minimum absolute atomic E-state index is 0.0274. The molecule has 0 heterocycles. The molecule has 0 bridgehead atoms. The van der Waals surface area contributed by atoms with Crippen molar-refractivity contribution in [3.63, 3.8) is 0 Å². The van der Waals surface area contributed by atoms with Gasteiger partial charge in [-0.15, -0.1) is 0 Å². The average molecular weight is 393 g/mol. The SMILES string of the molecule is CC(C)(C)CCC(=O)ONC(=O)CCC(Cc1ccc(C(=O)O)cc1)C(=O)O. The molecule has 0 fully saturated rings. The van der Waals surface area contributed by atoms with E-state index in [-0.39, 0.29) is 36.7 Å². The molecule has 1 aromatic carbocycles. The summed E-state index contributed by atoms with van der Waals surface area (Å²) in [5.74, 6) is -4.06. The number of aromatic carboxylic acids is 1. The van der Waals surface area contributed by atoms with Crippen LogP contribution in [0.25, 0.3) is 0 Å². The quantitative estimate of drug-likeness (QED) is 0.550. The van der Waals surface area contributed by atoms with Crippen molar-refractivity contribution in [2.75, 3.05) is 0 Å². The molecule has 8 heteroatoms. The van der Waals surface area contributed by atoms with E-state index in [1.54, 1.807) is 12.1 Å². The highest BCUT2D eigenvalue weighted by Crippen LogP contribution is 2.20. The van der Waals surface area contributed by atoms with Crippen LogP contribution in [0.2, 0.25) is 0 Å². The van der Waals surface area contributed by atoms with Crippen LogP contribution in [0.1, 0.15) is 62.4 Å². The van der Waals surface area contributed by atoms with Gasteiger partial charge in [0.15, 0.2) is 0 Å². The topological polar surface area (TPSA) is 130 Å². The summed E-state index contributed by atoms with van der Waals surface area (Å²) in [6.07, 6.45) is 0.892. The number of carboxylic acids is 2. The molecule has 28 heavy (non-hydrogen) atoms. The first-order valence-electron chi connectivity index (χ1n) is 9.01. The van der Waals surface area contributed by atoms with E-state index < -0.39 is 29.7 Å². The molecule has 0 aliphatic rings. The van der Waals surface area contributed by atoms with Crippen molar-refractivity contribution in [3.8, 4) is 0 Å². The molecule has 1 aromatic rings. The second kappa shape index (κ2) is 10.4. The van der Waals surface area contributed by atoms with Gasteiger partial charge in [-0.3, -0.25) is 9.59 Å². The summed E-state index contributed by atoms with van der Waals surface area (Å²) in [5, 5.41) is 18.2. The molecule has 8 nitrogen and oxygen atoms in total. The Morgan fingerprint density at radius 3 is 2.14 bits per heavy atom. The smallest absolute Gasteiger partial charge is 0.335 e. The molecule has 1 amide bonds. The van der Waals surface area contributed by atoms with Crippen molar-refractivity contribution >= 4 is 23.8 Å². The summed E-state index contributed by atoms with van der Waals surface area (Å²) in [7, 11) is 0. The third kappa shape index (κ3) is 9.16. The zero-order valence-electron chi connectivity index (χ0n) is 16.4. The summed E-state index contributed by atoms with van der Waals surface area (Å²) < 4.78 is 0. The molecule has 1 rings (SSSR count). The summed E-state index contributed by atoms with van der Waals surface area (Å²) in [6.45, 7) is 5.96. The lowest BCUT2D eigenvalue weighted by atomic mass is 9.91. The van der Waals surface area contributed by atoms with E-state index in [2.05, 4.69) is 5.48 Å². The molecule has 154 valence electrons. The molecule has 0 saturated carbocycles. The number of hydrogen-bond donors (Lipinski definition) is 3. The standard InChI is InChI=1S/C20H27NO7/c1-20(2,3)11-10-17(23)28-21-16(22)9-8-15(19(26)27)12-13-4-6-14(7-5-13)18(24)25/h4-7,15H,8-12H2,1-3H3,(H,21,22)(H,24,25)(H,26,27). The lowest BCUT2D eigenvalue weighted by Gasteiger charge is -2.16. The first-order chi connectivity index (χ1) is 13.0. The number of aliphatic carboxylic acids is 1. The first kappa shape index (κ1) is 23.1. The number of amides is 1. The molecule has 0 radical (unpaired) electrons. The molecular formula is C20H27NO7. The lowest BCUT2D eigenvalue weighted by Crippen LogP contribution is -2.28. The maximum absolute atomic E-state index is 11.8. The Bertz CT molecular complexity index is 704. The Kier molecular flexibility index (Phi) is 8.63. The minimum atomic E-state index is -1.06. The Morgan fingerprint density at radius 1 is 1.04 bits per heavy atom. The number of rotatable bonds is 9. The Labute approximate surface area is 163 Å². The van der Waals surface area contributed by atoms with E-state index in [1.165, 1.54) is 12.1 Å². The largest absolute Gasteiger partial charge is 0.481 e. The van der Waals surface area contributed by atoms with Crippen LogP contribution in [0.15, 0.2) is 24.3 Å². The molecule has 0 spiro atoms. The van der Waals surface area contributed by atoms with Crippen LogP contribution in [0, 0.1) is 11.3 Å². The molecule has 0 aliphatic carbocycles. The van der Waals surface area contributed by atoms with Crippen LogP contribution in [-0.2, 0) is 25.6 Å². The van der Waals surface area contributed by atoms with E-state index >= 15 is 0 Å². The van der Waals surface area contributed by atoms with Crippen LogP contribution in [-0.4, -0.2) is 34.0 Å². The predicted molar refractivity (Wildman–Crippen MR) is 100 cm³/mol. The lowest BCUT2D eigenvalue weighted by molar-refractivity contribution is -0.159. The molecule has 3 N–H and O–H groups in total. The van der Waals surface area contributed by atoms with E-state index in [1.807, 2.05) is 20.8 Å². The Hall–Kier alpha value is -2.90. The third-order valence-corrected chi connectivity index (χ3v) is 4.11. The van der Waals surface area contributed by atoms with E-state index in [0.29, 0.717) is 12.0 Å². The fourth-order valence-electron chi connectivity index (χ4n) is 2.38. The summed E-state index contributed by atoms with van der Waals surface area (Å²) in [4.78, 5) is 50.4. The van der Waals surface area contributed by atoms with Gasteiger partial charge in [-0.25, -0.2) is 9.59 Å². The van der Waals surface area contributed by atoms with Crippen LogP contribution in [0.4, 0.5) is 0 Å². The van der Waals surface area contributed by atoms with Gasteiger partial charge in [0.05, 0.1) is 11.5 Å². The zero-order chi connectivity index (χ0) is 21.3. The van der Waals surface area contributed by atoms with Crippen molar-refractivity contribution in [3.05, 3.63) is 35.4 Å². The van der Waals surface area contributed by atoms with Gasteiger partial charge in [0.1, 0.15) is 0 Å². The second-order valence-electron chi connectivity index (χ2n) is 7.84. The number of carbonyl (C=O) groups is 4. The highest BCUT2D eigenvalue weighted by atomic mass is 16.7. The zero-order valence-corrected chi connectivity index (χ0v) is 16.4. The summed E-state index contributed by atoms with van der Waals surface area (Å²) in [6, 6.07) is 5.91. The van der Waals surface area contributed by atoms with Gasteiger partial charge in [-0.2, -0.15) is 5.48 Å². The number of hydroxylamine groups is 1. The van der Waals surface area contributed by atoms with Crippen LogP contribution in [0.3, 0.4) is 0 Å². The maximum Gasteiger partial charge on any atom is 0.335 e. The van der Waals surface area contributed by atoms with Crippen LogP contribution < -0.4 is 5.48 Å². The predicted octanol–water partition coefficient (Wildman–Crippen LogP) is 2.81. The van der Waals surface area contributed by atoms with Crippen molar-refractivity contribution in [1.29, 1.82) is 0 Å². The first-order valence-corrected chi connectivity index (χ1v) is 9.01. The van der Waals surface area contributed by atoms with Crippen molar-refractivity contribution in [2.24, 2.45) is 11.3 Å². The molecular weight excluding hydrogens is 366 g/mol. The van der Waals surface area contributed by atoms with Gasteiger partial charge >= 0.3 is 17.9 Å². The van der Waals surface area contributed by atoms with E-state index in [9.17, 15) is 24.3 Å². The van der Waals surface area contributed by atoms with Crippen LogP contribution >= 0.6 is 0 Å². The van der Waals surface area contributed by atoms with Crippen molar-refractivity contribution in [2.45, 2.75) is 52.9 Å². The number of carboxylic acid groups (broad SMARTS) is 2.